The van der Waals surface area contributed by atoms with Crippen LogP contribution in [0.3, 0.4) is 0 Å². The molecular formula is C11H14N4O2S2. The molecule has 2 rings (SSSR count). The van der Waals surface area contributed by atoms with Crippen molar-refractivity contribution < 1.29 is 9.53 Å². The van der Waals surface area contributed by atoms with Gasteiger partial charge in [0.15, 0.2) is 0 Å². The van der Waals surface area contributed by atoms with Crippen LogP contribution in [0.1, 0.15) is 4.88 Å². The minimum Gasteiger partial charge on any atom is -0.383 e. The Labute approximate surface area is 119 Å². The lowest BCUT2D eigenvalue weighted by Gasteiger charge is -2.21. The van der Waals surface area contributed by atoms with Crippen molar-refractivity contribution in [3.8, 4) is 0 Å². The first-order valence-electron chi connectivity index (χ1n) is 5.64. The van der Waals surface area contributed by atoms with Crippen LogP contribution in [0.2, 0.25) is 0 Å². The second-order valence-electron chi connectivity index (χ2n) is 3.71. The monoisotopic (exact) mass is 298 g/mol. The first kappa shape index (κ1) is 13.9. The van der Waals surface area contributed by atoms with E-state index in [1.54, 1.807) is 23.3 Å². The van der Waals surface area contributed by atoms with Gasteiger partial charge < -0.3 is 9.64 Å². The van der Waals surface area contributed by atoms with Gasteiger partial charge in [0.25, 0.3) is 0 Å². The molecule has 0 radical (unpaired) electrons. The maximum atomic E-state index is 12.2. The molecule has 6 nitrogen and oxygen atoms in total. The molecular weight excluding hydrogens is 284 g/mol. The summed E-state index contributed by atoms with van der Waals surface area (Å²) in [5, 5.41) is 9.09. The fraction of sp³-hybridized carbons (Fsp3) is 0.364. The number of amides is 2. The fourth-order valence-electron chi connectivity index (χ4n) is 1.45. The van der Waals surface area contributed by atoms with Gasteiger partial charge in [0, 0.05) is 30.1 Å². The van der Waals surface area contributed by atoms with E-state index in [1.807, 2.05) is 17.5 Å². The Morgan fingerprint density at radius 1 is 1.58 bits per heavy atom. The first-order valence-corrected chi connectivity index (χ1v) is 7.29. The third-order valence-corrected chi connectivity index (χ3v) is 3.81. The molecule has 0 bridgehead atoms. The fourth-order valence-corrected chi connectivity index (χ4v) is 2.58. The molecule has 0 aliphatic heterocycles. The second-order valence-corrected chi connectivity index (χ2v) is 5.52. The van der Waals surface area contributed by atoms with Gasteiger partial charge in [-0.2, -0.15) is 0 Å². The van der Waals surface area contributed by atoms with Crippen LogP contribution in [0.4, 0.5) is 9.80 Å². The van der Waals surface area contributed by atoms with E-state index < -0.39 is 0 Å². The highest BCUT2D eigenvalue weighted by Crippen LogP contribution is 2.14. The van der Waals surface area contributed by atoms with Gasteiger partial charge >= 0.3 is 6.03 Å². The number of urea groups is 1. The van der Waals surface area contributed by atoms with Gasteiger partial charge in [-0.3, -0.25) is 5.32 Å². The van der Waals surface area contributed by atoms with Crippen molar-refractivity contribution in [2.24, 2.45) is 0 Å². The molecule has 0 aliphatic rings. The highest BCUT2D eigenvalue weighted by molar-refractivity contribution is 7.10. The van der Waals surface area contributed by atoms with Crippen LogP contribution in [0.25, 0.3) is 0 Å². The van der Waals surface area contributed by atoms with E-state index in [4.69, 9.17) is 4.74 Å². The van der Waals surface area contributed by atoms with Gasteiger partial charge in [0.05, 0.1) is 19.3 Å². The summed E-state index contributed by atoms with van der Waals surface area (Å²) in [5.74, 6) is 0. The van der Waals surface area contributed by atoms with Crippen molar-refractivity contribution >= 4 is 33.9 Å². The number of hydrogen-bond donors (Lipinski definition) is 1. The maximum absolute atomic E-state index is 12.2. The number of hydrogen-bond acceptors (Lipinski definition) is 6. The Hall–Kier alpha value is -1.51. The molecule has 2 aromatic heterocycles. The Morgan fingerprint density at radius 3 is 3.11 bits per heavy atom. The second kappa shape index (κ2) is 7.17. The van der Waals surface area contributed by atoms with Crippen LogP contribution in [0.15, 0.2) is 23.7 Å². The highest BCUT2D eigenvalue weighted by Gasteiger charge is 2.15. The van der Waals surface area contributed by atoms with Crippen LogP contribution in [-0.4, -0.2) is 40.8 Å². The molecule has 1 N–H and O–H groups in total. The summed E-state index contributed by atoms with van der Waals surface area (Å²) >= 11 is 2.78. The van der Waals surface area contributed by atoms with Crippen molar-refractivity contribution in [1.82, 2.24) is 14.5 Å². The number of rotatable bonds is 6. The average molecular weight is 298 g/mol. The number of carbonyl (C=O) groups excluding carboxylic acids is 1. The molecule has 0 aliphatic carbocycles. The number of aromatic nitrogens is 2. The zero-order valence-electron chi connectivity index (χ0n) is 10.4. The molecule has 0 saturated heterocycles. The summed E-state index contributed by atoms with van der Waals surface area (Å²) in [6.45, 7) is 1.60. The first-order chi connectivity index (χ1) is 9.29. The predicted molar refractivity (Wildman–Crippen MR) is 75.5 cm³/mol. The standard InChI is InChI=1S/C11H14N4O2S2/c1-17-5-4-15(8-9-3-2-6-18-9)11(16)13-10-7-12-14-19-10/h2-3,6-7H,4-5,8H2,1H3,(H,13,16). The van der Waals surface area contributed by atoms with Crippen LogP contribution in [-0.2, 0) is 11.3 Å². The topological polar surface area (TPSA) is 67.3 Å². The molecule has 8 heteroatoms. The van der Waals surface area contributed by atoms with Gasteiger partial charge in [-0.1, -0.05) is 10.6 Å². The van der Waals surface area contributed by atoms with Gasteiger partial charge in [0.2, 0.25) is 0 Å². The third-order valence-electron chi connectivity index (χ3n) is 2.37. The van der Waals surface area contributed by atoms with Gasteiger partial charge in [0.1, 0.15) is 5.00 Å². The molecule has 0 unspecified atom stereocenters. The number of methoxy groups -OCH3 is 1. The summed E-state index contributed by atoms with van der Waals surface area (Å²) in [7, 11) is 1.62. The normalized spacial score (nSPS) is 10.4. The predicted octanol–water partition coefficient (Wildman–Crippen LogP) is 2.28. The molecule has 2 amide bonds. The Balaban J connectivity index is 1.97. The number of nitrogens with one attached hydrogen (secondary N) is 1. The van der Waals surface area contributed by atoms with Crippen LogP contribution in [0, 0.1) is 0 Å². The smallest absolute Gasteiger partial charge is 0.322 e. The van der Waals surface area contributed by atoms with E-state index in [9.17, 15) is 4.79 Å². The molecule has 102 valence electrons. The third kappa shape index (κ3) is 4.27. The Morgan fingerprint density at radius 2 is 2.47 bits per heavy atom. The van der Waals surface area contributed by atoms with Gasteiger partial charge in [-0.05, 0) is 11.4 Å². The van der Waals surface area contributed by atoms with Crippen molar-refractivity contribution in [2.45, 2.75) is 6.54 Å². The SMILES string of the molecule is COCCN(Cc1cccs1)C(=O)Nc1cnns1. The van der Waals surface area contributed by atoms with Crippen molar-refractivity contribution in [3.05, 3.63) is 28.6 Å². The number of carbonyl (C=O) groups is 1. The molecule has 0 spiro atoms. The van der Waals surface area contributed by atoms with Crippen molar-refractivity contribution in [1.29, 1.82) is 0 Å². The molecule has 19 heavy (non-hydrogen) atoms. The van der Waals surface area contributed by atoms with E-state index >= 15 is 0 Å². The quantitative estimate of drug-likeness (QED) is 0.888. The van der Waals surface area contributed by atoms with E-state index in [0.29, 0.717) is 24.7 Å². The Bertz CT molecular complexity index is 487. The number of anilines is 1. The van der Waals surface area contributed by atoms with E-state index in [2.05, 4.69) is 14.9 Å². The Kier molecular flexibility index (Phi) is 5.25. The lowest BCUT2D eigenvalue weighted by molar-refractivity contribution is 0.153. The summed E-state index contributed by atoms with van der Waals surface area (Å²) in [6.07, 6.45) is 1.53. The molecule has 2 aromatic rings. The lowest BCUT2D eigenvalue weighted by atomic mass is 10.4. The minimum atomic E-state index is -0.170. The average Bonchev–Trinajstić information content (AvgIpc) is 3.07. The zero-order chi connectivity index (χ0) is 13.5. The summed E-state index contributed by atoms with van der Waals surface area (Å²) in [4.78, 5) is 15.0. The van der Waals surface area contributed by atoms with Crippen LogP contribution < -0.4 is 5.32 Å². The molecule has 0 aromatic carbocycles. The highest BCUT2D eigenvalue weighted by atomic mass is 32.1. The summed E-state index contributed by atoms with van der Waals surface area (Å²) in [5.41, 5.74) is 0. The van der Waals surface area contributed by atoms with Crippen LogP contribution >= 0.6 is 22.9 Å². The van der Waals surface area contributed by atoms with Crippen molar-refractivity contribution in [2.75, 3.05) is 25.6 Å². The molecule has 0 fully saturated rings. The lowest BCUT2D eigenvalue weighted by Crippen LogP contribution is -2.36. The summed E-state index contributed by atoms with van der Waals surface area (Å²) < 4.78 is 8.74. The number of thiophene rings is 1. The van der Waals surface area contributed by atoms with Crippen LogP contribution in [0.5, 0.6) is 0 Å². The molecule has 0 atom stereocenters. The number of nitrogens with zero attached hydrogens (tertiary/aromatic N) is 3. The maximum Gasteiger partial charge on any atom is 0.322 e. The van der Waals surface area contributed by atoms with Crippen molar-refractivity contribution in [3.63, 3.8) is 0 Å². The largest absolute Gasteiger partial charge is 0.383 e. The number of ether oxygens (including phenoxy) is 1. The van der Waals surface area contributed by atoms with Gasteiger partial charge in [-0.25, -0.2) is 4.79 Å². The van der Waals surface area contributed by atoms with E-state index in [1.165, 1.54) is 6.20 Å². The zero-order valence-corrected chi connectivity index (χ0v) is 12.0. The minimum absolute atomic E-state index is 0.170. The molecule has 2 heterocycles. The molecule has 0 saturated carbocycles. The van der Waals surface area contributed by atoms with E-state index in [-0.39, 0.29) is 6.03 Å². The van der Waals surface area contributed by atoms with E-state index in [0.717, 1.165) is 16.4 Å². The summed E-state index contributed by atoms with van der Waals surface area (Å²) in [6, 6.07) is 3.81. The van der Waals surface area contributed by atoms with Gasteiger partial charge in [-0.15, -0.1) is 16.4 Å².